The lowest BCUT2D eigenvalue weighted by Crippen LogP contribution is -2.43. The van der Waals surface area contributed by atoms with Crippen molar-refractivity contribution < 1.29 is 9.26 Å². The highest BCUT2D eigenvalue weighted by atomic mass is 16.5. The van der Waals surface area contributed by atoms with Gasteiger partial charge in [-0.05, 0) is 32.7 Å². The van der Waals surface area contributed by atoms with Crippen molar-refractivity contribution in [2.24, 2.45) is 0 Å². The zero-order valence-electron chi connectivity index (χ0n) is 12.1. The Morgan fingerprint density at radius 1 is 1.42 bits per heavy atom. The van der Waals surface area contributed by atoms with Gasteiger partial charge in [0.2, 0.25) is 5.89 Å². The fourth-order valence-corrected chi connectivity index (χ4v) is 2.83. The van der Waals surface area contributed by atoms with E-state index < -0.39 is 0 Å². The molecule has 1 fully saturated rings. The van der Waals surface area contributed by atoms with Gasteiger partial charge in [-0.3, -0.25) is 0 Å². The Balaban J connectivity index is 2.04. The molecule has 1 saturated heterocycles. The first-order chi connectivity index (χ1) is 9.30. The molecule has 0 bridgehead atoms. The fraction of sp³-hybridized carbons (Fsp3) is 0.857. The summed E-state index contributed by atoms with van der Waals surface area (Å²) in [5.41, 5.74) is 0.0455. The number of nitrogens with zero attached hydrogens (tertiary/aromatic N) is 2. The third-order valence-corrected chi connectivity index (χ3v) is 3.80. The van der Waals surface area contributed by atoms with Gasteiger partial charge in [0.15, 0.2) is 5.82 Å². The van der Waals surface area contributed by atoms with Crippen molar-refractivity contribution in [1.29, 1.82) is 0 Å². The maximum atomic E-state index is 5.53. The van der Waals surface area contributed by atoms with Crippen molar-refractivity contribution in [3.05, 3.63) is 11.7 Å². The monoisotopic (exact) mass is 267 g/mol. The van der Waals surface area contributed by atoms with E-state index in [0.717, 1.165) is 57.1 Å². The van der Waals surface area contributed by atoms with Crippen LogP contribution in [0.25, 0.3) is 0 Å². The molecule has 108 valence electrons. The molecule has 1 atom stereocenters. The largest absolute Gasteiger partial charge is 0.381 e. The molecule has 1 N–H and O–H groups in total. The van der Waals surface area contributed by atoms with Crippen LogP contribution < -0.4 is 5.32 Å². The third kappa shape index (κ3) is 3.54. The number of hydrogen-bond acceptors (Lipinski definition) is 5. The molecule has 1 aromatic heterocycles. The first-order valence-corrected chi connectivity index (χ1v) is 7.42. The SMILES string of the molecule is CCCC1(c2nc(CCOCC)no2)CCCNC1. The predicted molar refractivity (Wildman–Crippen MR) is 73.2 cm³/mol. The second-order valence-electron chi connectivity index (χ2n) is 5.27. The molecule has 0 radical (unpaired) electrons. The van der Waals surface area contributed by atoms with Gasteiger partial charge in [-0.15, -0.1) is 0 Å². The lowest BCUT2D eigenvalue weighted by Gasteiger charge is -2.34. The summed E-state index contributed by atoms with van der Waals surface area (Å²) in [4.78, 5) is 4.60. The quantitative estimate of drug-likeness (QED) is 0.766. The van der Waals surface area contributed by atoms with Crippen molar-refractivity contribution in [1.82, 2.24) is 15.5 Å². The summed E-state index contributed by atoms with van der Waals surface area (Å²) < 4.78 is 10.9. The van der Waals surface area contributed by atoms with E-state index in [4.69, 9.17) is 9.26 Å². The van der Waals surface area contributed by atoms with Gasteiger partial charge in [-0.1, -0.05) is 18.5 Å². The average Bonchev–Trinajstić information content (AvgIpc) is 2.90. The zero-order valence-corrected chi connectivity index (χ0v) is 12.1. The molecular weight excluding hydrogens is 242 g/mol. The average molecular weight is 267 g/mol. The Morgan fingerprint density at radius 3 is 3.00 bits per heavy atom. The topological polar surface area (TPSA) is 60.2 Å². The summed E-state index contributed by atoms with van der Waals surface area (Å²) in [6.45, 7) is 7.64. The Morgan fingerprint density at radius 2 is 2.32 bits per heavy atom. The van der Waals surface area contributed by atoms with Crippen LogP contribution >= 0.6 is 0 Å². The minimum absolute atomic E-state index is 0.0455. The van der Waals surface area contributed by atoms with Gasteiger partial charge in [0.05, 0.1) is 12.0 Å². The molecule has 1 aliphatic rings. The number of piperidine rings is 1. The van der Waals surface area contributed by atoms with Crippen LogP contribution in [0.3, 0.4) is 0 Å². The summed E-state index contributed by atoms with van der Waals surface area (Å²) >= 11 is 0. The molecular formula is C14H25N3O2. The number of nitrogens with one attached hydrogen (secondary N) is 1. The van der Waals surface area contributed by atoms with E-state index in [1.54, 1.807) is 0 Å². The Kier molecular flexibility index (Phi) is 5.34. The van der Waals surface area contributed by atoms with Gasteiger partial charge in [0, 0.05) is 19.6 Å². The highest BCUT2D eigenvalue weighted by Gasteiger charge is 2.38. The lowest BCUT2D eigenvalue weighted by molar-refractivity contribution is 0.149. The van der Waals surface area contributed by atoms with Crippen LogP contribution in [-0.2, 0) is 16.6 Å². The smallest absolute Gasteiger partial charge is 0.234 e. The number of rotatable bonds is 7. The molecule has 0 saturated carbocycles. The van der Waals surface area contributed by atoms with Crippen LogP contribution in [0.2, 0.25) is 0 Å². The van der Waals surface area contributed by atoms with Crippen molar-refractivity contribution in [3.8, 4) is 0 Å². The molecule has 19 heavy (non-hydrogen) atoms. The second-order valence-corrected chi connectivity index (χ2v) is 5.27. The Labute approximate surface area is 115 Å². The van der Waals surface area contributed by atoms with Crippen LogP contribution in [0.15, 0.2) is 4.52 Å². The molecule has 0 spiro atoms. The van der Waals surface area contributed by atoms with Crippen LogP contribution in [0.1, 0.15) is 51.2 Å². The first kappa shape index (κ1) is 14.5. The van der Waals surface area contributed by atoms with Gasteiger partial charge in [0.1, 0.15) is 0 Å². The standard InChI is InChI=1S/C14H25N3O2/c1-3-7-14(8-5-9-15-11-14)13-16-12(17-19-13)6-10-18-4-2/h15H,3-11H2,1-2H3. The summed E-state index contributed by atoms with van der Waals surface area (Å²) in [7, 11) is 0. The summed E-state index contributed by atoms with van der Waals surface area (Å²) in [6, 6.07) is 0. The van der Waals surface area contributed by atoms with Crippen LogP contribution in [-0.4, -0.2) is 36.4 Å². The summed E-state index contributed by atoms with van der Waals surface area (Å²) in [5, 5.41) is 7.56. The Bertz CT molecular complexity index is 367. The first-order valence-electron chi connectivity index (χ1n) is 7.42. The van der Waals surface area contributed by atoms with Crippen molar-refractivity contribution in [2.75, 3.05) is 26.3 Å². The summed E-state index contributed by atoms with van der Waals surface area (Å²) in [6.07, 6.45) is 5.29. The molecule has 2 rings (SSSR count). The normalized spacial score (nSPS) is 23.7. The van der Waals surface area contributed by atoms with Gasteiger partial charge in [-0.2, -0.15) is 4.98 Å². The molecule has 1 aromatic rings. The van der Waals surface area contributed by atoms with Crippen molar-refractivity contribution in [2.45, 2.75) is 51.4 Å². The van der Waals surface area contributed by atoms with E-state index in [9.17, 15) is 0 Å². The molecule has 0 aliphatic carbocycles. The fourth-order valence-electron chi connectivity index (χ4n) is 2.83. The minimum atomic E-state index is 0.0455. The molecule has 0 aromatic carbocycles. The van der Waals surface area contributed by atoms with Crippen molar-refractivity contribution in [3.63, 3.8) is 0 Å². The molecule has 0 amide bonds. The third-order valence-electron chi connectivity index (χ3n) is 3.80. The van der Waals surface area contributed by atoms with Gasteiger partial charge in [0.25, 0.3) is 0 Å². The van der Waals surface area contributed by atoms with Gasteiger partial charge < -0.3 is 14.6 Å². The van der Waals surface area contributed by atoms with Crippen LogP contribution in [0.5, 0.6) is 0 Å². The van der Waals surface area contributed by atoms with Gasteiger partial charge in [-0.25, -0.2) is 0 Å². The molecule has 1 aliphatic heterocycles. The number of aromatic nitrogens is 2. The van der Waals surface area contributed by atoms with E-state index in [1.807, 2.05) is 6.92 Å². The number of ether oxygens (including phenoxy) is 1. The van der Waals surface area contributed by atoms with Gasteiger partial charge >= 0.3 is 0 Å². The van der Waals surface area contributed by atoms with E-state index in [0.29, 0.717) is 6.61 Å². The maximum Gasteiger partial charge on any atom is 0.234 e. The maximum absolute atomic E-state index is 5.53. The summed E-state index contributed by atoms with van der Waals surface area (Å²) in [5.74, 6) is 1.58. The van der Waals surface area contributed by atoms with E-state index in [1.165, 1.54) is 6.42 Å². The van der Waals surface area contributed by atoms with E-state index in [-0.39, 0.29) is 5.41 Å². The number of hydrogen-bond donors (Lipinski definition) is 1. The molecule has 2 heterocycles. The Hall–Kier alpha value is -0.940. The highest BCUT2D eigenvalue weighted by molar-refractivity contribution is 5.08. The van der Waals surface area contributed by atoms with E-state index in [2.05, 4.69) is 22.4 Å². The zero-order chi connectivity index (χ0) is 13.6. The van der Waals surface area contributed by atoms with Crippen molar-refractivity contribution >= 4 is 0 Å². The van der Waals surface area contributed by atoms with E-state index >= 15 is 0 Å². The van der Waals surface area contributed by atoms with Crippen LogP contribution in [0.4, 0.5) is 0 Å². The minimum Gasteiger partial charge on any atom is -0.381 e. The highest BCUT2D eigenvalue weighted by Crippen LogP contribution is 2.34. The molecule has 1 unspecified atom stereocenters. The second kappa shape index (κ2) is 7.01. The lowest BCUT2D eigenvalue weighted by atomic mass is 9.77. The predicted octanol–water partition coefficient (Wildman–Crippen LogP) is 2.07. The molecule has 5 nitrogen and oxygen atoms in total. The molecule has 5 heteroatoms. The van der Waals surface area contributed by atoms with Crippen LogP contribution in [0, 0.1) is 0 Å².